The second-order valence-electron chi connectivity index (χ2n) is 8.49. The number of aromatic amines is 1. The molecule has 0 saturated carbocycles. The molecule has 9 nitrogen and oxygen atoms in total. The van der Waals surface area contributed by atoms with Gasteiger partial charge < -0.3 is 19.4 Å². The first-order chi connectivity index (χ1) is 15.2. The Morgan fingerprint density at radius 3 is 2.90 bits per heavy atom. The van der Waals surface area contributed by atoms with Crippen LogP contribution in [0.25, 0.3) is 10.9 Å². The van der Waals surface area contributed by atoms with Gasteiger partial charge in [-0.15, -0.1) is 0 Å². The molecule has 6 rings (SSSR count). The highest BCUT2D eigenvalue weighted by atomic mass is 16.5. The lowest BCUT2D eigenvalue weighted by Gasteiger charge is -2.46. The molecular weight excluding hydrogens is 394 g/mol. The van der Waals surface area contributed by atoms with Crippen LogP contribution in [0.15, 0.2) is 47.2 Å². The van der Waals surface area contributed by atoms with Gasteiger partial charge in [-0.1, -0.05) is 6.08 Å². The quantitative estimate of drug-likeness (QED) is 0.809. The standard InChI is InChI=1S/C22H27N7O2/c1-15-11-26(17-12-31-13-17)6-7-27(15)20-8-16-9-21(25-18(16)10-23-20)28-14-24-29-5-3-4-19(30-2)22(28)29/h3-4,8-10,14-15,17,25H,5-7,11-13H2,1-2H3. The molecule has 0 aromatic carbocycles. The van der Waals surface area contributed by atoms with Gasteiger partial charge in [0.05, 0.1) is 44.6 Å². The van der Waals surface area contributed by atoms with Gasteiger partial charge in [0, 0.05) is 31.1 Å². The van der Waals surface area contributed by atoms with E-state index in [4.69, 9.17) is 14.5 Å². The van der Waals surface area contributed by atoms with Crippen molar-refractivity contribution in [2.24, 2.45) is 5.10 Å². The average Bonchev–Trinajstić information content (AvgIpc) is 3.35. The van der Waals surface area contributed by atoms with Gasteiger partial charge in [0.15, 0.2) is 11.6 Å². The topological polar surface area (TPSA) is 72.5 Å². The third-order valence-corrected chi connectivity index (χ3v) is 6.59. The predicted molar refractivity (Wildman–Crippen MR) is 120 cm³/mol. The molecule has 4 aliphatic rings. The largest absolute Gasteiger partial charge is 0.493 e. The molecule has 2 aromatic rings. The summed E-state index contributed by atoms with van der Waals surface area (Å²) in [7, 11) is 1.69. The Morgan fingerprint density at radius 2 is 2.13 bits per heavy atom. The number of piperazine rings is 1. The first kappa shape index (κ1) is 18.7. The molecule has 1 unspecified atom stereocenters. The van der Waals surface area contributed by atoms with Crippen LogP contribution in [0.3, 0.4) is 0 Å². The van der Waals surface area contributed by atoms with Crippen LogP contribution in [0.4, 0.5) is 11.6 Å². The highest BCUT2D eigenvalue weighted by molar-refractivity contribution is 5.92. The van der Waals surface area contributed by atoms with Crippen molar-refractivity contribution in [3.05, 3.63) is 42.1 Å². The predicted octanol–water partition coefficient (Wildman–Crippen LogP) is 1.92. The smallest absolute Gasteiger partial charge is 0.179 e. The van der Waals surface area contributed by atoms with E-state index >= 15 is 0 Å². The molecule has 0 amide bonds. The van der Waals surface area contributed by atoms with E-state index in [0.717, 1.165) is 73.5 Å². The van der Waals surface area contributed by atoms with Crippen molar-refractivity contribution in [1.29, 1.82) is 0 Å². The van der Waals surface area contributed by atoms with Crippen LogP contribution in [0, 0.1) is 0 Å². The van der Waals surface area contributed by atoms with Crippen molar-refractivity contribution in [2.75, 3.05) is 56.3 Å². The third kappa shape index (κ3) is 3.07. The molecule has 0 radical (unpaired) electrons. The highest BCUT2D eigenvalue weighted by Gasteiger charge is 2.33. The molecule has 2 aromatic heterocycles. The van der Waals surface area contributed by atoms with Crippen LogP contribution in [-0.4, -0.2) is 84.8 Å². The van der Waals surface area contributed by atoms with Gasteiger partial charge in [0.2, 0.25) is 0 Å². The fourth-order valence-electron chi connectivity index (χ4n) is 4.78. The first-order valence-corrected chi connectivity index (χ1v) is 10.8. The van der Waals surface area contributed by atoms with Crippen molar-refractivity contribution < 1.29 is 9.47 Å². The Kier molecular flexibility index (Phi) is 4.39. The summed E-state index contributed by atoms with van der Waals surface area (Å²) in [6.45, 7) is 7.85. The molecule has 2 saturated heterocycles. The number of methoxy groups -OCH3 is 1. The molecule has 0 bridgehead atoms. The number of aromatic nitrogens is 2. The summed E-state index contributed by atoms with van der Waals surface area (Å²) in [6.07, 6.45) is 7.80. The maximum atomic E-state index is 5.56. The number of H-pyrrole nitrogens is 1. The highest BCUT2D eigenvalue weighted by Crippen LogP contribution is 2.32. The lowest BCUT2D eigenvalue weighted by Crippen LogP contribution is -2.59. The SMILES string of the molecule is COC1=C2N(CC=C1)N=CN2c1cc2cc(N3CCN(C4COC4)CC3C)ncc2[nH]1. The molecule has 162 valence electrons. The van der Waals surface area contributed by atoms with Crippen molar-refractivity contribution in [2.45, 2.75) is 19.0 Å². The van der Waals surface area contributed by atoms with Crippen molar-refractivity contribution in [3.63, 3.8) is 0 Å². The van der Waals surface area contributed by atoms with E-state index in [1.807, 2.05) is 34.6 Å². The number of fused-ring (bicyclic) bond motifs is 2. The molecule has 31 heavy (non-hydrogen) atoms. The maximum Gasteiger partial charge on any atom is 0.179 e. The summed E-state index contributed by atoms with van der Waals surface area (Å²) in [5.74, 6) is 3.70. The summed E-state index contributed by atoms with van der Waals surface area (Å²) >= 11 is 0. The van der Waals surface area contributed by atoms with Gasteiger partial charge in [-0.2, -0.15) is 5.10 Å². The van der Waals surface area contributed by atoms with Crippen LogP contribution >= 0.6 is 0 Å². The summed E-state index contributed by atoms with van der Waals surface area (Å²) in [5, 5.41) is 7.58. The van der Waals surface area contributed by atoms with E-state index in [0.29, 0.717) is 12.1 Å². The number of nitrogens with one attached hydrogen (secondary N) is 1. The fourth-order valence-corrected chi connectivity index (χ4v) is 4.78. The Labute approximate surface area is 181 Å². The van der Waals surface area contributed by atoms with Crippen LogP contribution in [-0.2, 0) is 9.47 Å². The fraction of sp³-hybridized carbons (Fsp3) is 0.455. The Morgan fingerprint density at radius 1 is 1.23 bits per heavy atom. The Bertz CT molecular complexity index is 1090. The number of pyridine rings is 1. The minimum Gasteiger partial charge on any atom is -0.493 e. The third-order valence-electron chi connectivity index (χ3n) is 6.59. The van der Waals surface area contributed by atoms with Crippen molar-refractivity contribution in [1.82, 2.24) is 19.9 Å². The van der Waals surface area contributed by atoms with E-state index in [-0.39, 0.29) is 0 Å². The number of ether oxygens (including phenoxy) is 2. The van der Waals surface area contributed by atoms with Crippen molar-refractivity contribution in [3.8, 4) is 0 Å². The molecule has 6 heterocycles. The van der Waals surface area contributed by atoms with E-state index in [1.165, 1.54) is 0 Å². The monoisotopic (exact) mass is 421 g/mol. The number of hydrogen-bond donors (Lipinski definition) is 1. The van der Waals surface area contributed by atoms with Gasteiger partial charge in [-0.3, -0.25) is 9.80 Å². The zero-order valence-corrected chi connectivity index (χ0v) is 17.9. The van der Waals surface area contributed by atoms with Gasteiger partial charge in [0.1, 0.15) is 18.0 Å². The second-order valence-corrected chi connectivity index (χ2v) is 8.49. The molecule has 9 heteroatoms. The van der Waals surface area contributed by atoms with E-state index in [2.05, 4.69) is 38.9 Å². The molecule has 1 atom stereocenters. The van der Waals surface area contributed by atoms with Gasteiger partial charge in [-0.05, 0) is 25.1 Å². The molecular formula is C22H27N7O2. The van der Waals surface area contributed by atoms with E-state index < -0.39 is 0 Å². The van der Waals surface area contributed by atoms with Gasteiger partial charge in [0.25, 0.3) is 0 Å². The van der Waals surface area contributed by atoms with Crippen LogP contribution < -0.4 is 9.80 Å². The number of rotatable bonds is 4. The lowest BCUT2D eigenvalue weighted by atomic mass is 10.1. The summed E-state index contributed by atoms with van der Waals surface area (Å²) < 4.78 is 10.9. The Hall–Kier alpha value is -3.04. The summed E-state index contributed by atoms with van der Waals surface area (Å²) in [5.41, 5.74) is 1.01. The molecule has 0 spiro atoms. The number of hydrazone groups is 1. The minimum absolute atomic E-state index is 0.417. The van der Waals surface area contributed by atoms with Gasteiger partial charge in [-0.25, -0.2) is 9.99 Å². The van der Waals surface area contributed by atoms with E-state index in [9.17, 15) is 0 Å². The maximum absolute atomic E-state index is 5.56. The van der Waals surface area contributed by atoms with E-state index in [1.54, 1.807) is 7.11 Å². The Balaban J connectivity index is 1.26. The molecule has 4 aliphatic heterocycles. The van der Waals surface area contributed by atoms with Gasteiger partial charge >= 0.3 is 0 Å². The number of allylic oxidation sites excluding steroid dienone is 1. The number of hydrogen-bond acceptors (Lipinski definition) is 8. The average molecular weight is 422 g/mol. The molecule has 0 aliphatic carbocycles. The van der Waals surface area contributed by atoms with Crippen molar-refractivity contribution >= 4 is 28.9 Å². The van der Waals surface area contributed by atoms with Crippen LogP contribution in [0.1, 0.15) is 6.92 Å². The summed E-state index contributed by atoms with van der Waals surface area (Å²) in [4.78, 5) is 15.3. The zero-order chi connectivity index (χ0) is 20.9. The van der Waals surface area contributed by atoms with Crippen LogP contribution in [0.2, 0.25) is 0 Å². The zero-order valence-electron chi connectivity index (χ0n) is 17.9. The number of nitrogens with zero attached hydrogens (tertiary/aromatic N) is 6. The first-order valence-electron chi connectivity index (χ1n) is 10.8. The normalized spacial score (nSPS) is 24.3. The van der Waals surface area contributed by atoms with Crippen LogP contribution in [0.5, 0.6) is 0 Å². The molecule has 1 N–H and O–H groups in total. The minimum atomic E-state index is 0.417. The molecule has 2 fully saturated rings. The summed E-state index contributed by atoms with van der Waals surface area (Å²) in [6, 6.07) is 5.35. The number of anilines is 2. The second kappa shape index (κ2) is 7.28. The lowest BCUT2D eigenvalue weighted by molar-refractivity contribution is -0.0692.